The first-order valence-corrected chi connectivity index (χ1v) is 12.1. The van der Waals surface area contributed by atoms with Gasteiger partial charge in [-0.2, -0.15) is 0 Å². The van der Waals surface area contributed by atoms with Crippen LogP contribution in [0.15, 0.2) is 48.5 Å². The lowest BCUT2D eigenvalue weighted by atomic mass is 9.73. The molecule has 2 aromatic rings. The highest BCUT2D eigenvalue weighted by Gasteiger charge is 2.46. The Morgan fingerprint density at radius 3 is 2.30 bits per heavy atom. The number of carbonyl (C=O) groups excluding carboxylic acids is 2. The zero-order valence-corrected chi connectivity index (χ0v) is 19.3. The van der Waals surface area contributed by atoms with Gasteiger partial charge in [0.15, 0.2) is 0 Å². The number of halogens is 1. The first-order valence-electron chi connectivity index (χ1n) is 12.1. The number of rotatable bonds is 3. The SMILES string of the molecule is CN1CCN(C(=O)CC2CC3(CCN(C(=O)c4ccccc4F)CC3)c3ccccc32)CC1. The van der Waals surface area contributed by atoms with Gasteiger partial charge < -0.3 is 14.7 Å². The molecular formula is C27H32FN3O2. The van der Waals surface area contributed by atoms with Gasteiger partial charge in [-0.05, 0) is 60.9 Å². The zero-order valence-electron chi connectivity index (χ0n) is 19.3. The first-order chi connectivity index (χ1) is 16.0. The molecule has 0 bridgehead atoms. The quantitative estimate of drug-likeness (QED) is 0.719. The predicted octanol–water partition coefficient (Wildman–Crippen LogP) is 3.65. The minimum Gasteiger partial charge on any atom is -0.340 e. The molecule has 2 amide bonds. The Morgan fingerprint density at radius 1 is 0.909 bits per heavy atom. The van der Waals surface area contributed by atoms with Crippen LogP contribution in [0, 0.1) is 5.82 Å². The number of hydrogen-bond donors (Lipinski definition) is 0. The molecule has 2 saturated heterocycles. The summed E-state index contributed by atoms with van der Waals surface area (Å²) in [5.41, 5.74) is 2.79. The van der Waals surface area contributed by atoms with E-state index in [9.17, 15) is 14.0 Å². The Bertz CT molecular complexity index is 1040. The van der Waals surface area contributed by atoms with Gasteiger partial charge in [0.1, 0.15) is 5.82 Å². The van der Waals surface area contributed by atoms with Gasteiger partial charge in [-0.25, -0.2) is 4.39 Å². The molecule has 33 heavy (non-hydrogen) atoms. The average Bonchev–Trinajstić information content (AvgIpc) is 3.13. The van der Waals surface area contributed by atoms with E-state index in [1.165, 1.54) is 17.2 Å². The van der Waals surface area contributed by atoms with Crippen molar-refractivity contribution in [3.63, 3.8) is 0 Å². The van der Waals surface area contributed by atoms with Gasteiger partial charge in [-0.3, -0.25) is 9.59 Å². The Morgan fingerprint density at radius 2 is 1.58 bits per heavy atom. The van der Waals surface area contributed by atoms with Gasteiger partial charge >= 0.3 is 0 Å². The van der Waals surface area contributed by atoms with Crippen LogP contribution in [0.1, 0.15) is 53.1 Å². The van der Waals surface area contributed by atoms with Gasteiger partial charge in [-0.15, -0.1) is 0 Å². The molecule has 2 heterocycles. The molecule has 5 rings (SSSR count). The van der Waals surface area contributed by atoms with Crippen molar-refractivity contribution in [1.82, 2.24) is 14.7 Å². The molecule has 2 fully saturated rings. The van der Waals surface area contributed by atoms with Crippen LogP contribution in [0.4, 0.5) is 4.39 Å². The van der Waals surface area contributed by atoms with Crippen LogP contribution >= 0.6 is 0 Å². The van der Waals surface area contributed by atoms with E-state index >= 15 is 0 Å². The minimum atomic E-state index is -0.462. The highest BCUT2D eigenvalue weighted by molar-refractivity contribution is 5.94. The lowest BCUT2D eigenvalue weighted by molar-refractivity contribution is -0.133. The Balaban J connectivity index is 1.29. The average molecular weight is 450 g/mol. The molecule has 0 radical (unpaired) electrons. The number of amides is 2. The summed E-state index contributed by atoms with van der Waals surface area (Å²) in [7, 11) is 2.10. The van der Waals surface area contributed by atoms with Gasteiger partial charge in [-0.1, -0.05) is 36.4 Å². The third-order valence-electron chi connectivity index (χ3n) is 8.00. The summed E-state index contributed by atoms with van der Waals surface area (Å²) < 4.78 is 14.1. The molecule has 0 N–H and O–H groups in total. The number of piperidine rings is 1. The van der Waals surface area contributed by atoms with E-state index in [1.807, 2.05) is 4.90 Å². The summed E-state index contributed by atoms with van der Waals surface area (Å²) in [5, 5.41) is 0. The van der Waals surface area contributed by atoms with Crippen molar-refractivity contribution in [2.45, 2.75) is 37.0 Å². The van der Waals surface area contributed by atoms with Crippen LogP contribution in [0.25, 0.3) is 0 Å². The second kappa shape index (κ2) is 8.90. The molecule has 1 unspecified atom stereocenters. The topological polar surface area (TPSA) is 43.9 Å². The summed E-state index contributed by atoms with van der Waals surface area (Å²) in [6.45, 7) is 4.71. The van der Waals surface area contributed by atoms with Crippen molar-refractivity contribution < 1.29 is 14.0 Å². The smallest absolute Gasteiger partial charge is 0.256 e. The second-order valence-electron chi connectivity index (χ2n) is 9.93. The number of hydrogen-bond acceptors (Lipinski definition) is 3. The molecule has 0 saturated carbocycles. The van der Waals surface area contributed by atoms with E-state index in [4.69, 9.17) is 0 Å². The first kappa shape index (κ1) is 22.1. The monoisotopic (exact) mass is 449 g/mol. The van der Waals surface area contributed by atoms with Crippen molar-refractivity contribution in [2.24, 2.45) is 0 Å². The lowest BCUT2D eigenvalue weighted by Crippen LogP contribution is -2.47. The predicted molar refractivity (Wildman–Crippen MR) is 126 cm³/mol. The molecule has 2 aromatic carbocycles. The molecule has 6 heteroatoms. The number of nitrogens with zero attached hydrogens (tertiary/aromatic N) is 3. The van der Waals surface area contributed by atoms with Crippen molar-refractivity contribution in [2.75, 3.05) is 46.3 Å². The van der Waals surface area contributed by atoms with Gasteiger partial charge in [0.2, 0.25) is 5.91 Å². The zero-order chi connectivity index (χ0) is 23.0. The fraction of sp³-hybridized carbons (Fsp3) is 0.481. The number of likely N-dealkylation sites (tertiary alicyclic amines) is 1. The van der Waals surface area contributed by atoms with Crippen molar-refractivity contribution in [3.05, 3.63) is 71.0 Å². The Kier molecular flexibility index (Phi) is 5.95. The fourth-order valence-electron chi connectivity index (χ4n) is 6.02. The van der Waals surface area contributed by atoms with Gasteiger partial charge in [0.25, 0.3) is 5.91 Å². The number of fused-ring (bicyclic) bond motifs is 2. The van der Waals surface area contributed by atoms with E-state index in [-0.39, 0.29) is 28.7 Å². The third kappa shape index (κ3) is 4.17. The van der Waals surface area contributed by atoms with E-state index in [2.05, 4.69) is 36.2 Å². The summed E-state index contributed by atoms with van der Waals surface area (Å²) in [4.78, 5) is 32.1. The molecular weight excluding hydrogens is 417 g/mol. The molecule has 1 atom stereocenters. The Hall–Kier alpha value is -2.73. The molecule has 174 valence electrons. The standard InChI is InChI=1S/C27H32FN3O2/c1-29-14-16-30(17-15-29)25(32)18-20-19-27(23-8-4-2-6-21(20)23)10-12-31(13-11-27)26(33)22-7-3-5-9-24(22)28/h2-9,20H,10-19H2,1H3. The number of piperazine rings is 1. The third-order valence-corrected chi connectivity index (χ3v) is 8.00. The van der Waals surface area contributed by atoms with Crippen LogP contribution in [0.5, 0.6) is 0 Å². The van der Waals surface area contributed by atoms with E-state index in [1.54, 1.807) is 23.1 Å². The lowest BCUT2D eigenvalue weighted by Gasteiger charge is -2.40. The van der Waals surface area contributed by atoms with Crippen LogP contribution < -0.4 is 0 Å². The van der Waals surface area contributed by atoms with Crippen LogP contribution in [0.3, 0.4) is 0 Å². The summed E-state index contributed by atoms with van der Waals surface area (Å²) in [6.07, 6.45) is 3.21. The maximum atomic E-state index is 14.1. The minimum absolute atomic E-state index is 0.00430. The number of likely N-dealkylation sites (N-methyl/N-ethyl adjacent to an activating group) is 1. The summed E-state index contributed by atoms with van der Waals surface area (Å²) >= 11 is 0. The maximum absolute atomic E-state index is 14.1. The van der Waals surface area contributed by atoms with Crippen molar-refractivity contribution in [1.29, 1.82) is 0 Å². The molecule has 0 aromatic heterocycles. The van der Waals surface area contributed by atoms with Crippen LogP contribution in [0.2, 0.25) is 0 Å². The summed E-state index contributed by atoms with van der Waals surface area (Å²) in [6, 6.07) is 14.8. The van der Waals surface area contributed by atoms with Crippen LogP contribution in [-0.4, -0.2) is 72.8 Å². The Labute approximate surface area is 195 Å². The van der Waals surface area contributed by atoms with E-state index in [0.717, 1.165) is 45.4 Å². The second-order valence-corrected chi connectivity index (χ2v) is 9.93. The highest BCUT2D eigenvalue weighted by Crippen LogP contribution is 2.52. The fourth-order valence-corrected chi connectivity index (χ4v) is 6.02. The maximum Gasteiger partial charge on any atom is 0.256 e. The molecule has 2 aliphatic heterocycles. The molecule has 5 nitrogen and oxygen atoms in total. The van der Waals surface area contributed by atoms with E-state index in [0.29, 0.717) is 19.5 Å². The van der Waals surface area contributed by atoms with Crippen LogP contribution in [-0.2, 0) is 10.2 Å². The van der Waals surface area contributed by atoms with E-state index < -0.39 is 5.82 Å². The number of carbonyl (C=O) groups is 2. The number of benzene rings is 2. The molecule has 3 aliphatic rings. The molecule has 1 aliphatic carbocycles. The highest BCUT2D eigenvalue weighted by atomic mass is 19.1. The summed E-state index contributed by atoms with van der Waals surface area (Å²) in [5.74, 6) is -0.207. The van der Waals surface area contributed by atoms with Gasteiger partial charge in [0, 0.05) is 45.7 Å². The van der Waals surface area contributed by atoms with Crippen molar-refractivity contribution in [3.8, 4) is 0 Å². The largest absolute Gasteiger partial charge is 0.340 e. The molecule has 1 spiro atoms. The normalized spacial score (nSPS) is 22.4. The van der Waals surface area contributed by atoms with Gasteiger partial charge in [0.05, 0.1) is 5.56 Å². The van der Waals surface area contributed by atoms with Crippen molar-refractivity contribution >= 4 is 11.8 Å².